The van der Waals surface area contributed by atoms with Gasteiger partial charge in [0.25, 0.3) is 0 Å². The maximum absolute atomic E-state index is 12.0. The standard InChI is InChI=1S/C12H20N2O3S/c1-3-12(8-13)18(15,16)14-11-6-4-5-10(7-11)9-17-2/h4-7,12,14H,3,8-9,13H2,1-2H3. The van der Waals surface area contributed by atoms with Crippen LogP contribution in [0.4, 0.5) is 5.69 Å². The molecule has 0 aliphatic rings. The third-order valence-electron chi connectivity index (χ3n) is 2.66. The van der Waals surface area contributed by atoms with Crippen LogP contribution in [0.5, 0.6) is 0 Å². The summed E-state index contributed by atoms with van der Waals surface area (Å²) in [4.78, 5) is 0. The second-order valence-corrected chi connectivity index (χ2v) is 6.01. The molecule has 0 aliphatic heterocycles. The van der Waals surface area contributed by atoms with Crippen LogP contribution in [0.25, 0.3) is 0 Å². The summed E-state index contributed by atoms with van der Waals surface area (Å²) in [7, 11) is -1.83. The molecule has 1 rings (SSSR count). The Kier molecular flexibility index (Phi) is 5.58. The summed E-state index contributed by atoms with van der Waals surface area (Å²) in [6, 6.07) is 7.13. The van der Waals surface area contributed by atoms with Gasteiger partial charge in [-0.3, -0.25) is 4.72 Å². The summed E-state index contributed by atoms with van der Waals surface area (Å²) >= 11 is 0. The molecule has 1 unspecified atom stereocenters. The lowest BCUT2D eigenvalue weighted by Gasteiger charge is -2.15. The first kappa shape index (κ1) is 14.9. The summed E-state index contributed by atoms with van der Waals surface area (Å²) in [6.45, 7) is 2.37. The van der Waals surface area contributed by atoms with Crippen LogP contribution in [-0.4, -0.2) is 27.3 Å². The number of nitrogens with two attached hydrogens (primary N) is 1. The lowest BCUT2D eigenvalue weighted by Crippen LogP contribution is -2.33. The van der Waals surface area contributed by atoms with E-state index in [1.165, 1.54) is 0 Å². The minimum atomic E-state index is -3.42. The number of nitrogens with one attached hydrogen (secondary N) is 1. The van der Waals surface area contributed by atoms with Crippen LogP contribution < -0.4 is 10.5 Å². The third kappa shape index (κ3) is 3.97. The SMILES string of the molecule is CCC(CN)S(=O)(=O)Nc1cccc(COC)c1. The van der Waals surface area contributed by atoms with Crippen molar-refractivity contribution in [2.45, 2.75) is 25.2 Å². The van der Waals surface area contributed by atoms with E-state index < -0.39 is 15.3 Å². The molecule has 0 radical (unpaired) electrons. The van der Waals surface area contributed by atoms with Crippen molar-refractivity contribution in [1.82, 2.24) is 0 Å². The number of hydrogen-bond acceptors (Lipinski definition) is 4. The Bertz CT molecular complexity index is 470. The van der Waals surface area contributed by atoms with Crippen molar-refractivity contribution in [3.63, 3.8) is 0 Å². The van der Waals surface area contributed by atoms with Crippen molar-refractivity contribution >= 4 is 15.7 Å². The van der Waals surface area contributed by atoms with Crippen molar-refractivity contribution in [3.05, 3.63) is 29.8 Å². The molecule has 0 fully saturated rings. The highest BCUT2D eigenvalue weighted by molar-refractivity contribution is 7.93. The monoisotopic (exact) mass is 272 g/mol. The van der Waals surface area contributed by atoms with Crippen LogP contribution in [-0.2, 0) is 21.4 Å². The van der Waals surface area contributed by atoms with E-state index in [1.807, 2.05) is 6.07 Å². The molecular formula is C12H20N2O3S. The van der Waals surface area contributed by atoms with E-state index in [9.17, 15) is 8.42 Å². The number of benzene rings is 1. The number of hydrogen-bond donors (Lipinski definition) is 2. The first-order chi connectivity index (χ1) is 8.53. The molecule has 0 spiro atoms. The van der Waals surface area contributed by atoms with Crippen LogP contribution >= 0.6 is 0 Å². The quantitative estimate of drug-likeness (QED) is 0.784. The smallest absolute Gasteiger partial charge is 0.236 e. The van der Waals surface area contributed by atoms with Crippen LogP contribution in [0.1, 0.15) is 18.9 Å². The predicted octanol–water partition coefficient (Wildman–Crippen LogP) is 1.31. The van der Waals surface area contributed by atoms with Gasteiger partial charge >= 0.3 is 0 Å². The van der Waals surface area contributed by atoms with E-state index in [2.05, 4.69) is 4.72 Å². The predicted molar refractivity (Wildman–Crippen MR) is 72.8 cm³/mol. The van der Waals surface area contributed by atoms with E-state index in [0.717, 1.165) is 5.56 Å². The Morgan fingerprint density at radius 3 is 2.72 bits per heavy atom. The average Bonchev–Trinajstić information content (AvgIpc) is 2.30. The van der Waals surface area contributed by atoms with E-state index in [4.69, 9.17) is 10.5 Å². The molecule has 1 aromatic carbocycles. The Morgan fingerprint density at radius 1 is 1.44 bits per heavy atom. The molecule has 6 heteroatoms. The fraction of sp³-hybridized carbons (Fsp3) is 0.500. The van der Waals surface area contributed by atoms with Gasteiger partial charge in [0.15, 0.2) is 0 Å². The number of rotatable bonds is 7. The second kappa shape index (κ2) is 6.72. The maximum Gasteiger partial charge on any atom is 0.236 e. The number of ether oxygens (including phenoxy) is 1. The van der Waals surface area contributed by atoms with E-state index >= 15 is 0 Å². The van der Waals surface area contributed by atoms with Gasteiger partial charge in [-0.25, -0.2) is 8.42 Å². The minimum Gasteiger partial charge on any atom is -0.380 e. The van der Waals surface area contributed by atoms with Gasteiger partial charge in [-0.1, -0.05) is 19.1 Å². The molecule has 3 N–H and O–H groups in total. The first-order valence-corrected chi connectivity index (χ1v) is 7.37. The Labute approximate surface area is 108 Å². The first-order valence-electron chi connectivity index (χ1n) is 5.83. The van der Waals surface area contributed by atoms with Gasteiger partial charge in [0.1, 0.15) is 0 Å². The summed E-state index contributed by atoms with van der Waals surface area (Å²) in [5.41, 5.74) is 6.92. The highest BCUT2D eigenvalue weighted by atomic mass is 32.2. The topological polar surface area (TPSA) is 81.4 Å². The van der Waals surface area contributed by atoms with Crippen LogP contribution in [0, 0.1) is 0 Å². The van der Waals surface area contributed by atoms with Crippen molar-refractivity contribution in [3.8, 4) is 0 Å². The zero-order valence-electron chi connectivity index (χ0n) is 10.7. The number of sulfonamides is 1. The molecule has 102 valence electrons. The van der Waals surface area contributed by atoms with Gasteiger partial charge in [-0.2, -0.15) is 0 Å². The zero-order valence-corrected chi connectivity index (χ0v) is 11.5. The highest BCUT2D eigenvalue weighted by Gasteiger charge is 2.22. The molecule has 0 saturated carbocycles. The molecule has 1 aromatic rings. The fourth-order valence-electron chi connectivity index (χ4n) is 1.65. The molecule has 0 saturated heterocycles. The molecule has 18 heavy (non-hydrogen) atoms. The Balaban J connectivity index is 2.86. The van der Waals surface area contributed by atoms with Gasteiger partial charge in [0, 0.05) is 19.3 Å². The molecular weight excluding hydrogens is 252 g/mol. The van der Waals surface area contributed by atoms with E-state index in [1.54, 1.807) is 32.2 Å². The van der Waals surface area contributed by atoms with Crippen molar-refractivity contribution in [2.75, 3.05) is 18.4 Å². The number of anilines is 1. The molecule has 0 heterocycles. The lowest BCUT2D eigenvalue weighted by atomic mass is 10.2. The second-order valence-electron chi connectivity index (χ2n) is 4.05. The Hall–Kier alpha value is -1.11. The van der Waals surface area contributed by atoms with E-state index in [0.29, 0.717) is 18.7 Å². The van der Waals surface area contributed by atoms with Crippen molar-refractivity contribution in [1.29, 1.82) is 0 Å². The van der Waals surface area contributed by atoms with Gasteiger partial charge < -0.3 is 10.5 Å². The maximum atomic E-state index is 12.0. The molecule has 1 atom stereocenters. The molecule has 0 amide bonds. The minimum absolute atomic E-state index is 0.115. The largest absolute Gasteiger partial charge is 0.380 e. The van der Waals surface area contributed by atoms with E-state index in [-0.39, 0.29) is 6.54 Å². The third-order valence-corrected chi connectivity index (χ3v) is 4.58. The van der Waals surface area contributed by atoms with Crippen molar-refractivity contribution in [2.24, 2.45) is 5.73 Å². The lowest BCUT2D eigenvalue weighted by molar-refractivity contribution is 0.185. The molecule has 0 aromatic heterocycles. The summed E-state index contributed by atoms with van der Waals surface area (Å²) in [6.07, 6.45) is 0.490. The molecule has 0 aliphatic carbocycles. The normalized spacial score (nSPS) is 13.3. The zero-order chi connectivity index (χ0) is 13.6. The van der Waals surface area contributed by atoms with Crippen LogP contribution in [0.2, 0.25) is 0 Å². The average molecular weight is 272 g/mol. The summed E-state index contributed by atoms with van der Waals surface area (Å²) < 4.78 is 31.6. The van der Waals surface area contributed by atoms with Gasteiger partial charge in [0.2, 0.25) is 10.0 Å². The Morgan fingerprint density at radius 2 is 2.17 bits per heavy atom. The molecule has 0 bridgehead atoms. The van der Waals surface area contributed by atoms with Gasteiger partial charge in [-0.15, -0.1) is 0 Å². The van der Waals surface area contributed by atoms with Crippen molar-refractivity contribution < 1.29 is 13.2 Å². The number of methoxy groups -OCH3 is 1. The van der Waals surface area contributed by atoms with Gasteiger partial charge in [0.05, 0.1) is 11.9 Å². The highest BCUT2D eigenvalue weighted by Crippen LogP contribution is 2.15. The summed E-state index contributed by atoms with van der Waals surface area (Å²) in [5.74, 6) is 0. The molecule has 5 nitrogen and oxygen atoms in total. The fourth-order valence-corrected chi connectivity index (χ4v) is 2.97. The van der Waals surface area contributed by atoms with Gasteiger partial charge in [-0.05, 0) is 24.1 Å². The van der Waals surface area contributed by atoms with Crippen LogP contribution in [0.3, 0.4) is 0 Å². The van der Waals surface area contributed by atoms with Crippen LogP contribution in [0.15, 0.2) is 24.3 Å². The summed E-state index contributed by atoms with van der Waals surface area (Å²) in [5, 5.41) is -0.566.